The van der Waals surface area contributed by atoms with Crippen LogP contribution in [0.25, 0.3) is 11.1 Å². The quantitative estimate of drug-likeness (QED) is 0.133. The summed E-state index contributed by atoms with van der Waals surface area (Å²) in [6.07, 6.45) is -10.1. The van der Waals surface area contributed by atoms with E-state index in [1.165, 1.54) is 33.1 Å². The average molecular weight is 682 g/mol. The number of fused-ring (bicyclic) bond motifs is 5. The van der Waals surface area contributed by atoms with Crippen LogP contribution in [0.3, 0.4) is 0 Å². The highest BCUT2D eigenvalue weighted by molar-refractivity contribution is 6.31. The highest BCUT2D eigenvalue weighted by Gasteiger charge is 2.47. The molecule has 0 aromatic heterocycles. The Labute approximate surface area is 276 Å². The zero-order chi connectivity index (χ0) is 35.8. The van der Waals surface area contributed by atoms with E-state index in [1.807, 2.05) is 0 Å². The van der Waals surface area contributed by atoms with Gasteiger partial charge in [0.25, 0.3) is 5.91 Å². The van der Waals surface area contributed by atoms with E-state index in [-0.39, 0.29) is 39.1 Å². The van der Waals surface area contributed by atoms with E-state index < -0.39 is 112 Å². The van der Waals surface area contributed by atoms with Crippen LogP contribution in [0, 0.1) is 6.92 Å². The molecule has 3 aliphatic rings. The largest absolute Gasteiger partial charge is 0.507 e. The molecular weight excluding hydrogens is 650 g/mol. The minimum Gasteiger partial charge on any atom is -0.507 e. The molecule has 0 bridgehead atoms. The van der Waals surface area contributed by atoms with Crippen LogP contribution in [-0.2, 0) is 14.3 Å². The van der Waals surface area contributed by atoms with Crippen molar-refractivity contribution in [3.8, 4) is 34.1 Å². The van der Waals surface area contributed by atoms with Gasteiger partial charge < -0.3 is 60.4 Å². The van der Waals surface area contributed by atoms with E-state index in [2.05, 4.69) is 5.32 Å². The van der Waals surface area contributed by atoms with Crippen molar-refractivity contribution in [2.45, 2.75) is 56.7 Å². The molecule has 49 heavy (non-hydrogen) atoms. The Bertz CT molecular complexity index is 1960. The fourth-order valence-electron chi connectivity index (χ4n) is 6.45. The summed E-state index contributed by atoms with van der Waals surface area (Å²) in [6.45, 7) is 2.10. The molecule has 1 fully saturated rings. The minimum absolute atomic E-state index is 0.0307. The van der Waals surface area contributed by atoms with Gasteiger partial charge in [-0.15, -0.1) is 0 Å². The number of aliphatic carboxylic acids is 1. The Kier molecular flexibility index (Phi) is 8.34. The third-order valence-corrected chi connectivity index (χ3v) is 8.97. The number of carbonyl (C=O) groups excluding carboxylic acids is 3. The van der Waals surface area contributed by atoms with Crippen LogP contribution in [0.1, 0.15) is 78.0 Å². The maximum atomic E-state index is 13.9. The van der Waals surface area contributed by atoms with Gasteiger partial charge in [0.15, 0.2) is 17.9 Å². The third kappa shape index (κ3) is 5.16. The lowest BCUT2D eigenvalue weighted by Crippen LogP contribution is -2.54. The number of methoxy groups -OCH3 is 1. The Morgan fingerprint density at radius 1 is 0.878 bits per heavy atom. The first-order valence-electron chi connectivity index (χ1n) is 14.9. The summed E-state index contributed by atoms with van der Waals surface area (Å²) in [5.74, 6) is -6.49. The second-order valence-corrected chi connectivity index (χ2v) is 12.0. The number of benzene rings is 3. The number of aliphatic hydroxyl groups excluding tert-OH is 4. The van der Waals surface area contributed by atoms with Crippen molar-refractivity contribution in [2.75, 3.05) is 13.7 Å². The van der Waals surface area contributed by atoms with Crippen LogP contribution in [0.15, 0.2) is 24.3 Å². The smallest absolute Gasteiger partial charge is 0.325 e. The molecule has 258 valence electrons. The number of hydrogen-bond acceptors (Lipinski definition) is 14. The number of hydrogen-bond donors (Lipinski definition) is 9. The number of phenolic OH excluding ortho intramolecular Hbond substituents is 3. The van der Waals surface area contributed by atoms with Crippen molar-refractivity contribution in [2.24, 2.45) is 0 Å². The van der Waals surface area contributed by atoms with Gasteiger partial charge in [0, 0.05) is 28.3 Å². The molecule has 0 radical (unpaired) electrons. The van der Waals surface area contributed by atoms with E-state index in [9.17, 15) is 60.0 Å². The Morgan fingerprint density at radius 3 is 2.16 bits per heavy atom. The first-order chi connectivity index (χ1) is 23.1. The predicted octanol–water partition coefficient (Wildman–Crippen LogP) is 0.309. The third-order valence-electron chi connectivity index (χ3n) is 8.97. The van der Waals surface area contributed by atoms with Crippen LogP contribution in [0.4, 0.5) is 0 Å². The van der Waals surface area contributed by atoms with Gasteiger partial charge in [0.05, 0.1) is 30.4 Å². The molecule has 7 atom stereocenters. The van der Waals surface area contributed by atoms with Gasteiger partial charge in [-0.05, 0) is 42.7 Å². The Balaban J connectivity index is 1.59. The number of ketones is 2. The summed E-state index contributed by atoms with van der Waals surface area (Å²) in [7, 11) is 1.27. The monoisotopic (exact) mass is 681 g/mol. The molecule has 16 nitrogen and oxygen atoms in total. The van der Waals surface area contributed by atoms with E-state index in [0.29, 0.717) is 0 Å². The van der Waals surface area contributed by atoms with Crippen LogP contribution in [0.5, 0.6) is 23.0 Å². The summed E-state index contributed by atoms with van der Waals surface area (Å²) in [5.41, 5.74) is -3.17. The zero-order valence-corrected chi connectivity index (χ0v) is 26.0. The van der Waals surface area contributed by atoms with Crippen molar-refractivity contribution in [3.63, 3.8) is 0 Å². The molecule has 0 unspecified atom stereocenters. The highest BCUT2D eigenvalue weighted by atomic mass is 16.7. The minimum atomic E-state index is -1.84. The van der Waals surface area contributed by atoms with E-state index >= 15 is 0 Å². The lowest BCUT2D eigenvalue weighted by atomic mass is 9.74. The van der Waals surface area contributed by atoms with Crippen molar-refractivity contribution < 1.29 is 74.2 Å². The van der Waals surface area contributed by atoms with Crippen molar-refractivity contribution in [1.82, 2.24) is 5.32 Å². The lowest BCUT2D eigenvalue weighted by molar-refractivity contribution is -0.292. The number of phenols is 3. The number of amides is 1. The molecule has 3 aromatic rings. The van der Waals surface area contributed by atoms with Crippen molar-refractivity contribution >= 4 is 23.4 Å². The number of aliphatic hydroxyl groups is 4. The second-order valence-electron chi connectivity index (χ2n) is 12.0. The first-order valence-corrected chi connectivity index (χ1v) is 14.9. The van der Waals surface area contributed by atoms with Gasteiger partial charge in [-0.3, -0.25) is 19.2 Å². The van der Waals surface area contributed by atoms with Gasteiger partial charge in [0.1, 0.15) is 59.6 Å². The molecule has 9 N–H and O–H groups in total. The molecule has 1 saturated heterocycles. The summed E-state index contributed by atoms with van der Waals surface area (Å²) >= 11 is 0. The molecular formula is C33H31NO15. The van der Waals surface area contributed by atoms with Crippen LogP contribution >= 0.6 is 0 Å². The normalized spacial score (nSPS) is 24.6. The molecule has 1 amide bonds. The molecule has 16 heteroatoms. The van der Waals surface area contributed by atoms with Crippen LogP contribution in [0.2, 0.25) is 0 Å². The number of carboxylic acids is 1. The van der Waals surface area contributed by atoms with Crippen molar-refractivity contribution in [1.29, 1.82) is 0 Å². The van der Waals surface area contributed by atoms with E-state index in [1.54, 1.807) is 0 Å². The Morgan fingerprint density at radius 2 is 1.51 bits per heavy atom. The number of aromatic hydroxyl groups is 3. The second kappa shape index (κ2) is 12.1. The molecule has 1 heterocycles. The number of rotatable bonds is 6. The van der Waals surface area contributed by atoms with Gasteiger partial charge in [-0.2, -0.15) is 0 Å². The maximum absolute atomic E-state index is 13.9. The lowest BCUT2D eigenvalue weighted by Gasteiger charge is -2.40. The molecule has 0 saturated carbocycles. The molecule has 0 spiro atoms. The maximum Gasteiger partial charge on any atom is 0.325 e. The van der Waals surface area contributed by atoms with Crippen LogP contribution < -0.4 is 10.1 Å². The highest BCUT2D eigenvalue weighted by Crippen LogP contribution is 2.56. The van der Waals surface area contributed by atoms with Crippen LogP contribution in [-0.4, -0.2) is 109 Å². The summed E-state index contributed by atoms with van der Waals surface area (Å²) in [6, 6.07) is 3.26. The molecule has 2 aliphatic carbocycles. The van der Waals surface area contributed by atoms with E-state index in [4.69, 9.17) is 14.2 Å². The summed E-state index contributed by atoms with van der Waals surface area (Å²) in [5, 5.41) is 88.2. The predicted molar refractivity (Wildman–Crippen MR) is 163 cm³/mol. The zero-order valence-electron chi connectivity index (χ0n) is 26.0. The topological polar surface area (TPSA) is 270 Å². The molecule has 1 aliphatic heterocycles. The standard InChI is InChI=1S/C33H31NO15/c1-9-4-15-21(27(41)18(9)31(44)34-10(2)32(45)46)20-13(25(39)30(15)49-33-29(43)26(40)17(36)8-48-33)7-14-22(28(20)42)24(38)12-5-11(47-3)6-16(35)19(12)23(14)37/h4-7,10,17,25-26,29-30,33,35-36,39-43H,8H2,1-3H3,(H,34,44)(H,45,46)/t10-,17+,25+,26+,29-,30+,33+/m1/s1. The molecule has 6 rings (SSSR count). The number of carboxylic acid groups (broad SMARTS) is 1. The summed E-state index contributed by atoms with van der Waals surface area (Å²) < 4.78 is 16.4. The number of nitrogens with one attached hydrogen (secondary N) is 1. The summed E-state index contributed by atoms with van der Waals surface area (Å²) in [4.78, 5) is 52.4. The van der Waals surface area contributed by atoms with Crippen molar-refractivity contribution in [3.05, 3.63) is 68.8 Å². The number of carbonyl (C=O) groups is 4. The number of aryl methyl sites for hydroxylation is 1. The fraction of sp³-hybridized carbons (Fsp3) is 0.333. The van der Waals surface area contributed by atoms with Gasteiger partial charge in [-0.25, -0.2) is 0 Å². The Hall–Kier alpha value is -5.10. The van der Waals surface area contributed by atoms with Gasteiger partial charge in [0.2, 0.25) is 0 Å². The van der Waals surface area contributed by atoms with Gasteiger partial charge >= 0.3 is 5.97 Å². The average Bonchev–Trinajstić information content (AvgIpc) is 3.04. The fourth-order valence-corrected chi connectivity index (χ4v) is 6.45. The van der Waals surface area contributed by atoms with E-state index in [0.717, 1.165) is 12.1 Å². The first kappa shape index (κ1) is 33.8. The van der Waals surface area contributed by atoms with Gasteiger partial charge in [-0.1, -0.05) is 6.07 Å². The SMILES string of the molecule is COc1cc(O)c2c(c1)C(=O)c1c(cc3c(c1O)-c1c(cc(C)c(C(=O)N[C@H](C)C(=O)O)c1O)[C@H](O[C@@H]1OC[C@H](O)[C@H](O)[C@H]1O)[C@H]3O)C2=O. The number of ether oxygens (including phenoxy) is 3. The molecule has 3 aromatic carbocycles.